The smallest absolute Gasteiger partial charge is 0.418 e. The van der Waals surface area contributed by atoms with Crippen LogP contribution in [0.2, 0.25) is 0 Å². The van der Waals surface area contributed by atoms with Crippen LogP contribution in [0.15, 0.2) is 81.2 Å². The molecule has 0 bridgehead atoms. The number of aryl methyl sites for hydroxylation is 1. The summed E-state index contributed by atoms with van der Waals surface area (Å²) in [6, 6.07) is 14.7. The minimum absolute atomic E-state index is 0.284. The molecule has 1 N–H and O–H groups in total. The number of alkyl halides is 3. The first-order valence-electron chi connectivity index (χ1n) is 12.4. The fourth-order valence-electron chi connectivity index (χ4n) is 5.22. The van der Waals surface area contributed by atoms with Gasteiger partial charge >= 0.3 is 11.0 Å². The average molecular weight is 600 g/mol. The van der Waals surface area contributed by atoms with Crippen LogP contribution < -0.4 is 15.1 Å². The van der Waals surface area contributed by atoms with E-state index in [2.05, 4.69) is 5.32 Å². The molecule has 210 valence electrons. The monoisotopic (exact) mass is 599 g/mol. The average Bonchev–Trinajstić information content (AvgIpc) is 3.62. The minimum atomic E-state index is -4.80. The highest BCUT2D eigenvalue weighted by Crippen LogP contribution is 2.54. The van der Waals surface area contributed by atoms with Gasteiger partial charge in [0.25, 0.3) is 0 Å². The zero-order valence-electron chi connectivity index (χ0n) is 21.2. The number of aromatic nitrogens is 1. The van der Waals surface area contributed by atoms with Gasteiger partial charge in [-0.2, -0.15) is 13.2 Å². The predicted octanol–water partition coefficient (Wildman–Crippen LogP) is 5.26. The van der Waals surface area contributed by atoms with Crippen LogP contribution in [0, 0.1) is 12.8 Å². The Bertz CT molecular complexity index is 1740. The third kappa shape index (κ3) is 4.58. The van der Waals surface area contributed by atoms with Crippen molar-refractivity contribution in [3.05, 3.63) is 98.4 Å². The largest absolute Gasteiger partial charge is 0.469 e. The lowest BCUT2D eigenvalue weighted by Crippen LogP contribution is -2.33. The number of carbonyl (C=O) groups excluding carboxylic acids is 3. The molecule has 3 amide bonds. The zero-order chi connectivity index (χ0) is 29.1. The molecule has 4 aromatic rings. The second kappa shape index (κ2) is 10.1. The molecule has 0 radical (unpaired) electrons. The van der Waals surface area contributed by atoms with Crippen LogP contribution in [0.4, 0.5) is 24.5 Å². The molecule has 1 saturated heterocycles. The van der Waals surface area contributed by atoms with E-state index in [9.17, 15) is 32.3 Å². The molecule has 1 fully saturated rings. The number of nitrogens with zero attached hydrogens (tertiary/aromatic N) is 2. The summed E-state index contributed by atoms with van der Waals surface area (Å²) in [6.07, 6.45) is -3.43. The fraction of sp³-hybridized carbons (Fsp3) is 0.214. The van der Waals surface area contributed by atoms with E-state index in [1.54, 1.807) is 24.3 Å². The highest BCUT2D eigenvalue weighted by Gasteiger charge is 2.58. The van der Waals surface area contributed by atoms with E-state index in [-0.39, 0.29) is 12.3 Å². The van der Waals surface area contributed by atoms with Crippen LogP contribution in [0.5, 0.6) is 0 Å². The van der Waals surface area contributed by atoms with Crippen molar-refractivity contribution >= 4 is 52.2 Å². The Morgan fingerprint density at radius 1 is 1.00 bits per heavy atom. The fourth-order valence-corrected chi connectivity index (χ4v) is 7.98. The quantitative estimate of drug-likeness (QED) is 0.314. The molecule has 8 nitrogen and oxygen atoms in total. The molecule has 0 aliphatic carbocycles. The molecule has 2 aliphatic heterocycles. The van der Waals surface area contributed by atoms with Gasteiger partial charge in [0.1, 0.15) is 17.6 Å². The summed E-state index contributed by atoms with van der Waals surface area (Å²) in [5, 5.41) is 1.93. The molecule has 0 spiro atoms. The lowest BCUT2D eigenvalue weighted by Gasteiger charge is -2.29. The van der Waals surface area contributed by atoms with Crippen LogP contribution in [-0.2, 0) is 27.1 Å². The molecule has 3 unspecified atom stereocenters. The second-order valence-corrected chi connectivity index (χ2v) is 11.7. The molecule has 6 rings (SSSR count). The summed E-state index contributed by atoms with van der Waals surface area (Å²) >= 11 is 1.73. The standard InChI is InChI=1S/C28H20F3N3O5S2/c1-14-7-2-4-9-16(14)32-19(35)13-33-26-23(41-27(33)38)20(18-11-6-12-39-18)21-22(40-26)25(37)34(24(21)36)17-10-5-3-8-15(17)28(29,30)31/h2-12,20-22H,13H2,1H3,(H,32,35). The molecule has 2 aromatic heterocycles. The SMILES string of the molecule is Cc1ccccc1NC(=O)Cn1c2c(sc1=O)C(c1ccco1)C1C(=O)N(c3ccccc3C(F)(F)F)C(=O)C1S2. The van der Waals surface area contributed by atoms with Gasteiger partial charge in [-0.25, -0.2) is 4.90 Å². The number of thioether (sulfide) groups is 1. The maximum absolute atomic E-state index is 13.8. The number of hydrogen-bond acceptors (Lipinski definition) is 7. The number of imide groups is 1. The molecule has 2 aliphatic rings. The van der Waals surface area contributed by atoms with Crippen LogP contribution in [0.3, 0.4) is 0 Å². The summed E-state index contributed by atoms with van der Waals surface area (Å²) in [7, 11) is 0. The third-order valence-electron chi connectivity index (χ3n) is 7.07. The van der Waals surface area contributed by atoms with E-state index < -0.39 is 57.1 Å². The van der Waals surface area contributed by atoms with Gasteiger partial charge < -0.3 is 9.73 Å². The highest BCUT2D eigenvalue weighted by molar-refractivity contribution is 8.00. The number of rotatable bonds is 5. The first-order chi connectivity index (χ1) is 19.6. The number of halogens is 3. The van der Waals surface area contributed by atoms with Gasteiger partial charge in [0.15, 0.2) is 0 Å². The third-order valence-corrected chi connectivity index (χ3v) is 9.67. The normalized spacial score (nSPS) is 20.2. The van der Waals surface area contributed by atoms with Crippen molar-refractivity contribution in [1.29, 1.82) is 0 Å². The van der Waals surface area contributed by atoms with Crippen molar-refractivity contribution in [2.75, 3.05) is 10.2 Å². The van der Waals surface area contributed by atoms with Crippen LogP contribution in [0.25, 0.3) is 0 Å². The number of nitrogens with one attached hydrogen (secondary N) is 1. The Balaban J connectivity index is 1.41. The maximum Gasteiger partial charge on any atom is 0.418 e. The summed E-state index contributed by atoms with van der Waals surface area (Å²) in [4.78, 5) is 54.1. The number of furan rings is 1. The van der Waals surface area contributed by atoms with Crippen LogP contribution >= 0.6 is 23.1 Å². The molecular formula is C28H20F3N3O5S2. The minimum Gasteiger partial charge on any atom is -0.469 e. The molecule has 41 heavy (non-hydrogen) atoms. The van der Waals surface area contributed by atoms with E-state index in [1.807, 2.05) is 19.1 Å². The molecule has 4 heterocycles. The number of benzene rings is 2. The van der Waals surface area contributed by atoms with Crippen molar-refractivity contribution in [3.63, 3.8) is 0 Å². The lowest BCUT2D eigenvalue weighted by atomic mass is 9.86. The lowest BCUT2D eigenvalue weighted by molar-refractivity contribution is -0.137. The van der Waals surface area contributed by atoms with Crippen molar-refractivity contribution < 1.29 is 32.0 Å². The zero-order valence-corrected chi connectivity index (χ0v) is 22.8. The summed E-state index contributed by atoms with van der Waals surface area (Å²) in [5.74, 6) is -3.89. The van der Waals surface area contributed by atoms with E-state index in [1.165, 1.54) is 23.0 Å². The van der Waals surface area contributed by atoms with Gasteiger partial charge in [-0.05, 0) is 42.8 Å². The number of fused-ring (bicyclic) bond motifs is 2. The summed E-state index contributed by atoms with van der Waals surface area (Å²) in [5.41, 5.74) is -0.266. The Labute approximate surface area is 238 Å². The van der Waals surface area contributed by atoms with Crippen LogP contribution in [0.1, 0.15) is 27.7 Å². The number of hydrogen-bond donors (Lipinski definition) is 1. The van der Waals surface area contributed by atoms with E-state index >= 15 is 0 Å². The maximum atomic E-state index is 13.8. The molecule has 13 heteroatoms. The van der Waals surface area contributed by atoms with Gasteiger partial charge in [0.05, 0.1) is 39.3 Å². The van der Waals surface area contributed by atoms with E-state index in [0.717, 1.165) is 40.8 Å². The summed E-state index contributed by atoms with van der Waals surface area (Å²) in [6.45, 7) is 1.46. The van der Waals surface area contributed by atoms with Crippen molar-refractivity contribution in [2.24, 2.45) is 5.92 Å². The topological polar surface area (TPSA) is 102 Å². The number of para-hydroxylation sites is 2. The number of amides is 3. The Kier molecular flexibility index (Phi) is 6.65. The van der Waals surface area contributed by atoms with Crippen molar-refractivity contribution in [1.82, 2.24) is 4.57 Å². The first-order valence-corrected chi connectivity index (χ1v) is 14.1. The number of thiazole rings is 1. The molecule has 0 saturated carbocycles. The summed E-state index contributed by atoms with van der Waals surface area (Å²) < 4.78 is 48.4. The van der Waals surface area contributed by atoms with E-state index in [0.29, 0.717) is 20.5 Å². The Morgan fingerprint density at radius 2 is 1.73 bits per heavy atom. The van der Waals surface area contributed by atoms with Crippen molar-refractivity contribution in [2.45, 2.75) is 35.8 Å². The number of anilines is 2. The van der Waals surface area contributed by atoms with Crippen LogP contribution in [-0.4, -0.2) is 27.5 Å². The highest BCUT2D eigenvalue weighted by atomic mass is 32.2. The van der Waals surface area contributed by atoms with Gasteiger partial charge in [-0.1, -0.05) is 53.4 Å². The molecular weight excluding hydrogens is 579 g/mol. The molecule has 2 aromatic carbocycles. The first kappa shape index (κ1) is 27.1. The van der Waals surface area contributed by atoms with Crippen molar-refractivity contribution in [3.8, 4) is 0 Å². The Hall–Kier alpha value is -4.10. The Morgan fingerprint density at radius 3 is 2.44 bits per heavy atom. The van der Waals surface area contributed by atoms with Gasteiger partial charge in [-0.15, -0.1) is 0 Å². The van der Waals surface area contributed by atoms with E-state index in [4.69, 9.17) is 4.42 Å². The van der Waals surface area contributed by atoms with Gasteiger partial charge in [-0.3, -0.25) is 23.7 Å². The van der Waals surface area contributed by atoms with Gasteiger partial charge in [0, 0.05) is 5.69 Å². The predicted molar refractivity (Wildman–Crippen MR) is 146 cm³/mol. The molecule has 3 atom stereocenters. The van der Waals surface area contributed by atoms with Gasteiger partial charge in [0.2, 0.25) is 17.7 Å². The number of carbonyl (C=O) groups is 3. The second-order valence-electron chi connectivity index (χ2n) is 9.57.